The average Bonchev–Trinajstić information content (AvgIpc) is 2.36. The van der Waals surface area contributed by atoms with Crippen LogP contribution in [0.2, 0.25) is 0 Å². The van der Waals surface area contributed by atoms with Crippen LogP contribution in [0.1, 0.15) is 62.9 Å². The molecule has 0 amide bonds. The second-order valence-electron chi connectivity index (χ2n) is 7.31. The fraction of sp³-hybridized carbons (Fsp3) is 0.450. The van der Waals surface area contributed by atoms with Crippen molar-refractivity contribution in [1.29, 1.82) is 0 Å². The van der Waals surface area contributed by atoms with E-state index >= 15 is 0 Å². The van der Waals surface area contributed by atoms with Gasteiger partial charge in [0, 0.05) is 11.3 Å². The number of benzene rings is 1. The van der Waals surface area contributed by atoms with Crippen LogP contribution >= 0.6 is 0 Å². The lowest BCUT2D eigenvalue weighted by Crippen LogP contribution is -2.10. The largest absolute Gasteiger partial charge is 0.253 e. The molecule has 0 aliphatic heterocycles. The lowest BCUT2D eigenvalue weighted by Gasteiger charge is -2.19. The topological polar surface area (TPSA) is 12.9 Å². The smallest absolute Gasteiger partial charge is 0.0708 e. The quantitative estimate of drug-likeness (QED) is 0.679. The van der Waals surface area contributed by atoms with Crippen LogP contribution in [0.15, 0.2) is 30.3 Å². The Morgan fingerprint density at radius 1 is 0.952 bits per heavy atom. The van der Waals surface area contributed by atoms with Crippen molar-refractivity contribution in [3.05, 3.63) is 52.7 Å². The third-order valence-corrected chi connectivity index (χ3v) is 4.08. The SMILES string of the molecule is Cc1cc(-c2ccc(C(C)(C)C)cc2)nc(C)c1C(C)C. The van der Waals surface area contributed by atoms with Crippen LogP contribution < -0.4 is 0 Å². The molecule has 112 valence electrons. The van der Waals surface area contributed by atoms with Crippen molar-refractivity contribution in [2.45, 2.75) is 59.8 Å². The van der Waals surface area contributed by atoms with Crippen LogP contribution in [0.25, 0.3) is 11.3 Å². The molecule has 2 aromatic rings. The van der Waals surface area contributed by atoms with Crippen molar-refractivity contribution < 1.29 is 0 Å². The summed E-state index contributed by atoms with van der Waals surface area (Å²) in [6, 6.07) is 11.0. The normalized spacial score (nSPS) is 12.0. The van der Waals surface area contributed by atoms with Gasteiger partial charge in [-0.25, -0.2) is 0 Å². The first-order valence-electron chi connectivity index (χ1n) is 7.79. The number of rotatable bonds is 2. The minimum absolute atomic E-state index is 0.194. The fourth-order valence-electron chi connectivity index (χ4n) is 3.00. The zero-order valence-electron chi connectivity index (χ0n) is 14.4. The van der Waals surface area contributed by atoms with Crippen LogP contribution in [-0.2, 0) is 5.41 Å². The summed E-state index contributed by atoms with van der Waals surface area (Å²) in [5.74, 6) is 0.523. The van der Waals surface area contributed by atoms with Gasteiger partial charge in [0.1, 0.15) is 0 Å². The van der Waals surface area contributed by atoms with Gasteiger partial charge < -0.3 is 0 Å². The van der Waals surface area contributed by atoms with Crippen LogP contribution in [0.3, 0.4) is 0 Å². The van der Waals surface area contributed by atoms with Crippen molar-refractivity contribution in [1.82, 2.24) is 4.98 Å². The number of hydrogen-bond donors (Lipinski definition) is 0. The Bertz CT molecular complexity index is 605. The highest BCUT2D eigenvalue weighted by atomic mass is 14.7. The Balaban J connectivity index is 2.44. The summed E-state index contributed by atoms with van der Waals surface area (Å²) in [6.45, 7) is 15.5. The molecule has 0 N–H and O–H groups in total. The van der Waals surface area contributed by atoms with Gasteiger partial charge in [-0.3, -0.25) is 4.98 Å². The van der Waals surface area contributed by atoms with Crippen LogP contribution in [0.5, 0.6) is 0 Å². The molecule has 1 heterocycles. The summed E-state index contributed by atoms with van der Waals surface area (Å²) >= 11 is 0. The molecule has 1 nitrogen and oxygen atoms in total. The molecule has 0 saturated heterocycles. The van der Waals surface area contributed by atoms with Gasteiger partial charge in [-0.15, -0.1) is 0 Å². The van der Waals surface area contributed by atoms with E-state index in [-0.39, 0.29) is 5.41 Å². The van der Waals surface area contributed by atoms with Crippen LogP contribution in [0, 0.1) is 13.8 Å². The monoisotopic (exact) mass is 281 g/mol. The second kappa shape index (κ2) is 5.63. The molecule has 0 radical (unpaired) electrons. The highest BCUT2D eigenvalue weighted by Crippen LogP contribution is 2.29. The number of nitrogens with zero attached hydrogens (tertiary/aromatic N) is 1. The molecule has 1 aromatic carbocycles. The third-order valence-electron chi connectivity index (χ3n) is 4.08. The molecule has 0 bridgehead atoms. The Hall–Kier alpha value is -1.63. The van der Waals surface area contributed by atoms with Gasteiger partial charge in [0.05, 0.1) is 5.69 Å². The third kappa shape index (κ3) is 3.34. The van der Waals surface area contributed by atoms with Gasteiger partial charge >= 0.3 is 0 Å². The minimum Gasteiger partial charge on any atom is -0.253 e. The van der Waals surface area contributed by atoms with E-state index in [1.165, 1.54) is 22.3 Å². The van der Waals surface area contributed by atoms with E-state index in [1.54, 1.807) is 0 Å². The molecule has 21 heavy (non-hydrogen) atoms. The molecule has 1 aromatic heterocycles. The van der Waals surface area contributed by atoms with E-state index in [4.69, 9.17) is 4.98 Å². The van der Waals surface area contributed by atoms with Crippen molar-refractivity contribution >= 4 is 0 Å². The number of aromatic nitrogens is 1. The summed E-state index contributed by atoms with van der Waals surface area (Å²) in [5.41, 5.74) is 7.70. The molecule has 0 unspecified atom stereocenters. The van der Waals surface area contributed by atoms with Crippen molar-refractivity contribution in [3.63, 3.8) is 0 Å². The lowest BCUT2D eigenvalue weighted by atomic mass is 9.86. The van der Waals surface area contributed by atoms with Gasteiger partial charge in [-0.1, -0.05) is 58.9 Å². The van der Waals surface area contributed by atoms with Gasteiger partial charge in [0.25, 0.3) is 0 Å². The van der Waals surface area contributed by atoms with Gasteiger partial charge in [-0.2, -0.15) is 0 Å². The molecule has 1 heteroatoms. The second-order valence-corrected chi connectivity index (χ2v) is 7.31. The summed E-state index contributed by atoms with van der Waals surface area (Å²) < 4.78 is 0. The molecule has 0 fully saturated rings. The maximum atomic E-state index is 4.82. The first-order chi connectivity index (χ1) is 9.70. The summed E-state index contributed by atoms with van der Waals surface area (Å²) in [6.07, 6.45) is 0. The average molecular weight is 281 g/mol. The predicted octanol–water partition coefficient (Wildman–Crippen LogP) is 5.79. The number of hydrogen-bond acceptors (Lipinski definition) is 1. The Kier molecular flexibility index (Phi) is 4.22. The highest BCUT2D eigenvalue weighted by molar-refractivity contribution is 5.62. The Labute approximate surface area is 129 Å². The van der Waals surface area contributed by atoms with E-state index < -0.39 is 0 Å². The molecular weight excluding hydrogens is 254 g/mol. The number of pyridine rings is 1. The molecule has 2 rings (SSSR count). The minimum atomic E-state index is 0.194. The molecule has 0 aliphatic rings. The van der Waals surface area contributed by atoms with Gasteiger partial charge in [0.2, 0.25) is 0 Å². The molecule has 0 atom stereocenters. The van der Waals surface area contributed by atoms with E-state index in [0.29, 0.717) is 5.92 Å². The van der Waals surface area contributed by atoms with Gasteiger partial charge in [-0.05, 0) is 47.9 Å². The van der Waals surface area contributed by atoms with Crippen molar-refractivity contribution in [2.24, 2.45) is 0 Å². The highest BCUT2D eigenvalue weighted by Gasteiger charge is 2.14. The first-order valence-corrected chi connectivity index (χ1v) is 7.79. The van der Waals surface area contributed by atoms with Crippen LogP contribution in [-0.4, -0.2) is 4.98 Å². The lowest BCUT2D eigenvalue weighted by molar-refractivity contribution is 0.590. The van der Waals surface area contributed by atoms with E-state index in [9.17, 15) is 0 Å². The summed E-state index contributed by atoms with van der Waals surface area (Å²) in [7, 11) is 0. The molecule has 0 aliphatic carbocycles. The maximum Gasteiger partial charge on any atom is 0.0708 e. The maximum absolute atomic E-state index is 4.82. The molecule has 0 saturated carbocycles. The first kappa shape index (κ1) is 15.8. The fourth-order valence-corrected chi connectivity index (χ4v) is 3.00. The number of aryl methyl sites for hydroxylation is 2. The molecule has 0 spiro atoms. The Morgan fingerprint density at radius 2 is 1.52 bits per heavy atom. The van der Waals surface area contributed by atoms with E-state index in [0.717, 1.165) is 11.4 Å². The zero-order valence-corrected chi connectivity index (χ0v) is 14.4. The van der Waals surface area contributed by atoms with Gasteiger partial charge in [0.15, 0.2) is 0 Å². The molecular formula is C20H27N. The van der Waals surface area contributed by atoms with Crippen molar-refractivity contribution in [2.75, 3.05) is 0 Å². The Morgan fingerprint density at radius 3 is 1.95 bits per heavy atom. The van der Waals surface area contributed by atoms with Crippen LogP contribution in [0.4, 0.5) is 0 Å². The standard InChI is InChI=1S/C20H27N/c1-13(2)19-14(3)12-18(21-15(19)4)16-8-10-17(11-9-16)20(5,6)7/h8-13H,1-7H3. The zero-order chi connectivity index (χ0) is 15.8. The summed E-state index contributed by atoms with van der Waals surface area (Å²) in [4.78, 5) is 4.82. The summed E-state index contributed by atoms with van der Waals surface area (Å²) in [5, 5.41) is 0. The van der Waals surface area contributed by atoms with E-state index in [2.05, 4.69) is 78.8 Å². The predicted molar refractivity (Wildman–Crippen MR) is 91.9 cm³/mol. The van der Waals surface area contributed by atoms with E-state index in [1.807, 2.05) is 0 Å². The van der Waals surface area contributed by atoms with Crippen molar-refractivity contribution in [3.8, 4) is 11.3 Å².